The molecule has 2 N–H and O–H groups in total. The maximum Gasteiger partial charge on any atom is 0.261 e. The van der Waals surface area contributed by atoms with Crippen molar-refractivity contribution in [1.82, 2.24) is 15.1 Å². The minimum Gasteiger partial charge on any atom is -0.387 e. The van der Waals surface area contributed by atoms with Crippen LogP contribution < -0.4 is 5.32 Å². The molecular weight excluding hydrogens is 300 g/mol. The van der Waals surface area contributed by atoms with Gasteiger partial charge in [-0.05, 0) is 37.7 Å². The smallest absolute Gasteiger partial charge is 0.261 e. The van der Waals surface area contributed by atoms with Crippen LogP contribution >= 0.6 is 11.8 Å². The van der Waals surface area contributed by atoms with Crippen molar-refractivity contribution in [2.45, 2.75) is 37.5 Å². The number of hydrogen-bond donors (Lipinski definition) is 2. The summed E-state index contributed by atoms with van der Waals surface area (Å²) in [5.41, 5.74) is 0.0889. The molecule has 6 nitrogen and oxygen atoms in total. The Balaban J connectivity index is 1.73. The van der Waals surface area contributed by atoms with Crippen molar-refractivity contribution >= 4 is 17.6 Å². The second-order valence-corrected chi connectivity index (χ2v) is 6.97. The summed E-state index contributed by atoms with van der Waals surface area (Å²) in [4.78, 5) is 8.58. The van der Waals surface area contributed by atoms with Gasteiger partial charge in [-0.3, -0.25) is 0 Å². The molecule has 2 aromatic heterocycles. The molecule has 0 saturated heterocycles. The van der Waals surface area contributed by atoms with Crippen LogP contribution in [0.4, 0.5) is 5.82 Å². The lowest BCUT2D eigenvalue weighted by Crippen LogP contribution is -2.54. The first-order valence-electron chi connectivity index (χ1n) is 7.46. The lowest BCUT2D eigenvalue weighted by atomic mass is 9.79. The first-order valence-corrected chi connectivity index (χ1v) is 8.51. The van der Waals surface area contributed by atoms with Gasteiger partial charge in [-0.25, -0.2) is 4.98 Å². The number of pyridine rings is 1. The van der Waals surface area contributed by atoms with Gasteiger partial charge in [0.1, 0.15) is 5.82 Å². The molecule has 2 atom stereocenters. The van der Waals surface area contributed by atoms with E-state index in [-0.39, 0.29) is 0 Å². The van der Waals surface area contributed by atoms with Crippen molar-refractivity contribution in [2.24, 2.45) is 0 Å². The molecular formula is C15H20N4O2S. The Labute approximate surface area is 133 Å². The van der Waals surface area contributed by atoms with Crippen LogP contribution in [0.1, 0.15) is 25.6 Å². The van der Waals surface area contributed by atoms with E-state index in [9.17, 15) is 5.11 Å². The topological polar surface area (TPSA) is 84.1 Å². The minimum absolute atomic E-state index is 0.294. The predicted octanol–water partition coefficient (Wildman–Crippen LogP) is 2.50. The monoisotopic (exact) mass is 320 g/mol. The SMILES string of the molecule is CCSC1CCC1(O)CNc1ncccc1-c1nc(C)no1. The molecule has 118 valence electrons. The Morgan fingerprint density at radius 2 is 2.41 bits per heavy atom. The summed E-state index contributed by atoms with van der Waals surface area (Å²) in [5, 5.41) is 18.0. The van der Waals surface area contributed by atoms with Crippen molar-refractivity contribution in [3.05, 3.63) is 24.2 Å². The lowest BCUT2D eigenvalue weighted by Gasteiger charge is -2.45. The zero-order chi connectivity index (χ0) is 15.6. The highest BCUT2D eigenvalue weighted by atomic mass is 32.2. The van der Waals surface area contributed by atoms with Crippen LogP contribution in [-0.2, 0) is 0 Å². The average molecular weight is 320 g/mol. The third-order valence-corrected chi connectivity index (χ3v) is 5.34. The third-order valence-electron chi connectivity index (χ3n) is 3.93. The Hall–Kier alpha value is -1.60. The van der Waals surface area contributed by atoms with Gasteiger partial charge >= 0.3 is 0 Å². The molecule has 22 heavy (non-hydrogen) atoms. The van der Waals surface area contributed by atoms with Crippen LogP contribution in [0.3, 0.4) is 0 Å². The highest BCUT2D eigenvalue weighted by molar-refractivity contribution is 8.00. The highest BCUT2D eigenvalue weighted by Gasteiger charge is 2.45. The molecule has 1 saturated carbocycles. The number of nitrogens with one attached hydrogen (secondary N) is 1. The van der Waals surface area contributed by atoms with Gasteiger partial charge in [-0.15, -0.1) is 0 Å². The molecule has 1 aliphatic rings. The normalized spacial score (nSPS) is 24.0. The van der Waals surface area contributed by atoms with E-state index in [2.05, 4.69) is 27.4 Å². The summed E-state index contributed by atoms with van der Waals surface area (Å²) in [6, 6.07) is 3.71. The number of anilines is 1. The van der Waals surface area contributed by atoms with Crippen molar-refractivity contribution in [1.29, 1.82) is 0 Å². The molecule has 2 unspecified atom stereocenters. The van der Waals surface area contributed by atoms with E-state index in [1.807, 2.05) is 23.9 Å². The van der Waals surface area contributed by atoms with E-state index in [1.54, 1.807) is 13.1 Å². The number of hydrogen-bond acceptors (Lipinski definition) is 7. The maximum absolute atomic E-state index is 10.7. The Kier molecular flexibility index (Phi) is 4.35. The zero-order valence-electron chi connectivity index (χ0n) is 12.7. The second kappa shape index (κ2) is 6.26. The van der Waals surface area contributed by atoms with Gasteiger partial charge in [0.25, 0.3) is 5.89 Å². The molecule has 0 aromatic carbocycles. The van der Waals surface area contributed by atoms with Gasteiger partial charge < -0.3 is 14.9 Å². The molecule has 1 aliphatic carbocycles. The number of aromatic nitrogens is 3. The molecule has 1 fully saturated rings. The van der Waals surface area contributed by atoms with Crippen LogP contribution in [-0.4, -0.2) is 43.4 Å². The van der Waals surface area contributed by atoms with Gasteiger partial charge in [0.2, 0.25) is 0 Å². The standard InChI is InChI=1S/C15H20N4O2S/c1-3-22-12-6-7-15(12,20)9-17-13-11(5-4-8-16-13)14-18-10(2)19-21-14/h4-5,8,12,20H,3,6-7,9H2,1-2H3,(H,16,17). The van der Waals surface area contributed by atoms with Gasteiger partial charge in [0, 0.05) is 18.0 Å². The zero-order valence-corrected chi connectivity index (χ0v) is 13.6. The van der Waals surface area contributed by atoms with E-state index in [0.717, 1.165) is 24.2 Å². The fourth-order valence-electron chi connectivity index (χ4n) is 2.60. The van der Waals surface area contributed by atoms with Crippen molar-refractivity contribution < 1.29 is 9.63 Å². The fraction of sp³-hybridized carbons (Fsp3) is 0.533. The summed E-state index contributed by atoms with van der Waals surface area (Å²) in [7, 11) is 0. The van der Waals surface area contributed by atoms with E-state index in [4.69, 9.17) is 4.52 Å². The van der Waals surface area contributed by atoms with Crippen molar-refractivity contribution in [2.75, 3.05) is 17.6 Å². The summed E-state index contributed by atoms with van der Waals surface area (Å²) in [6.07, 6.45) is 3.59. The first-order chi connectivity index (χ1) is 10.6. The highest BCUT2D eigenvalue weighted by Crippen LogP contribution is 2.41. The van der Waals surface area contributed by atoms with Gasteiger partial charge in [0.05, 0.1) is 11.2 Å². The van der Waals surface area contributed by atoms with Crippen molar-refractivity contribution in [3.8, 4) is 11.5 Å². The van der Waals surface area contributed by atoms with Gasteiger partial charge in [-0.2, -0.15) is 16.7 Å². The molecule has 0 bridgehead atoms. The molecule has 2 heterocycles. The van der Waals surface area contributed by atoms with Crippen LogP contribution in [0, 0.1) is 6.92 Å². The van der Waals surface area contributed by atoms with Crippen LogP contribution in [0.25, 0.3) is 11.5 Å². The van der Waals surface area contributed by atoms with Gasteiger partial charge in [0.15, 0.2) is 5.82 Å². The largest absolute Gasteiger partial charge is 0.387 e. The lowest BCUT2D eigenvalue weighted by molar-refractivity contribution is -0.0120. The number of nitrogens with zero attached hydrogens (tertiary/aromatic N) is 3. The first kappa shape index (κ1) is 15.3. The molecule has 2 aromatic rings. The van der Waals surface area contributed by atoms with E-state index >= 15 is 0 Å². The summed E-state index contributed by atoms with van der Waals surface area (Å²) in [6.45, 7) is 4.37. The molecule has 0 spiro atoms. The molecule has 0 aliphatic heterocycles. The quantitative estimate of drug-likeness (QED) is 0.846. The molecule has 0 amide bonds. The fourth-order valence-corrected chi connectivity index (χ4v) is 3.80. The van der Waals surface area contributed by atoms with E-state index in [0.29, 0.717) is 29.3 Å². The predicted molar refractivity (Wildman–Crippen MR) is 86.9 cm³/mol. The molecule has 3 rings (SSSR count). The summed E-state index contributed by atoms with van der Waals surface area (Å²) < 4.78 is 5.22. The van der Waals surface area contributed by atoms with E-state index < -0.39 is 5.60 Å². The number of aliphatic hydroxyl groups is 1. The summed E-state index contributed by atoms with van der Waals surface area (Å²) >= 11 is 1.81. The van der Waals surface area contributed by atoms with Crippen LogP contribution in [0.2, 0.25) is 0 Å². The molecule has 0 radical (unpaired) electrons. The second-order valence-electron chi connectivity index (χ2n) is 5.49. The minimum atomic E-state index is -0.666. The van der Waals surface area contributed by atoms with Gasteiger partial charge in [-0.1, -0.05) is 12.1 Å². The Morgan fingerprint density at radius 3 is 3.05 bits per heavy atom. The Morgan fingerprint density at radius 1 is 1.55 bits per heavy atom. The Bertz CT molecular complexity index is 648. The third kappa shape index (κ3) is 2.96. The number of thioether (sulfide) groups is 1. The average Bonchev–Trinajstić information content (AvgIpc) is 2.96. The molecule has 7 heteroatoms. The van der Waals surface area contributed by atoms with Crippen LogP contribution in [0.5, 0.6) is 0 Å². The number of aryl methyl sites for hydroxylation is 1. The number of rotatable bonds is 6. The van der Waals surface area contributed by atoms with Crippen LogP contribution in [0.15, 0.2) is 22.9 Å². The summed E-state index contributed by atoms with van der Waals surface area (Å²) in [5.74, 6) is 2.70. The maximum atomic E-state index is 10.7. The van der Waals surface area contributed by atoms with Crippen molar-refractivity contribution in [3.63, 3.8) is 0 Å². The van der Waals surface area contributed by atoms with E-state index in [1.165, 1.54) is 0 Å².